The van der Waals surface area contributed by atoms with Crippen LogP contribution in [0.25, 0.3) is 0 Å². The van der Waals surface area contributed by atoms with Gasteiger partial charge in [-0.1, -0.05) is 0 Å². The van der Waals surface area contributed by atoms with Crippen LogP contribution in [0.1, 0.15) is 5.56 Å². The highest BCUT2D eigenvalue weighted by Crippen LogP contribution is 2.37. The van der Waals surface area contributed by atoms with Gasteiger partial charge in [0, 0.05) is 35.5 Å². The van der Waals surface area contributed by atoms with Gasteiger partial charge in [0.25, 0.3) is 0 Å². The van der Waals surface area contributed by atoms with Crippen molar-refractivity contribution in [3.05, 3.63) is 22.2 Å². The predicted molar refractivity (Wildman–Crippen MR) is 94.4 cm³/mol. The standard InChI is InChI=1S/C14H15BrF6N2O2S2/c1-9-6-10(15)11(7-12(9)26-8-13(16,17)18)22-2-4-23(5-3-22)27(24,25)14(19,20)21/h6-7H,2-5,8H2,1H3. The molecule has 154 valence electrons. The third-order valence-corrected chi connectivity index (χ3v) is 7.34. The molecule has 0 N–H and O–H groups in total. The number of piperazine rings is 1. The Balaban J connectivity index is 2.16. The highest BCUT2D eigenvalue weighted by atomic mass is 79.9. The van der Waals surface area contributed by atoms with E-state index >= 15 is 0 Å². The number of thioether (sulfide) groups is 1. The molecule has 1 saturated heterocycles. The molecular formula is C14H15BrF6N2O2S2. The largest absolute Gasteiger partial charge is 0.511 e. The Kier molecular flexibility index (Phi) is 6.70. The number of anilines is 1. The highest BCUT2D eigenvalue weighted by Gasteiger charge is 2.50. The molecule has 1 fully saturated rings. The Bertz CT molecular complexity index is 790. The molecule has 0 aliphatic carbocycles. The molecule has 1 aromatic rings. The maximum atomic E-state index is 12.6. The number of hydrogen-bond donors (Lipinski definition) is 0. The van der Waals surface area contributed by atoms with Gasteiger partial charge in [-0.2, -0.15) is 30.6 Å². The van der Waals surface area contributed by atoms with E-state index < -0.39 is 27.5 Å². The first-order valence-electron chi connectivity index (χ1n) is 7.53. The Hall–Kier alpha value is -0.660. The average Bonchev–Trinajstić information content (AvgIpc) is 2.52. The van der Waals surface area contributed by atoms with Gasteiger partial charge >= 0.3 is 21.7 Å². The van der Waals surface area contributed by atoms with Crippen molar-refractivity contribution in [3.8, 4) is 0 Å². The van der Waals surface area contributed by atoms with Crippen LogP contribution >= 0.6 is 27.7 Å². The molecular weight excluding hydrogens is 486 g/mol. The molecule has 0 atom stereocenters. The Morgan fingerprint density at radius 2 is 1.63 bits per heavy atom. The van der Waals surface area contributed by atoms with E-state index in [1.165, 1.54) is 6.07 Å². The summed E-state index contributed by atoms with van der Waals surface area (Å²) < 4.78 is 99.2. The number of halogens is 7. The molecule has 0 spiro atoms. The number of alkyl halides is 6. The molecule has 1 aliphatic heterocycles. The summed E-state index contributed by atoms with van der Waals surface area (Å²) in [7, 11) is -5.39. The van der Waals surface area contributed by atoms with Gasteiger partial charge in [-0.25, -0.2) is 8.42 Å². The maximum Gasteiger partial charge on any atom is 0.511 e. The molecule has 0 aromatic heterocycles. The summed E-state index contributed by atoms with van der Waals surface area (Å²) >= 11 is 3.93. The zero-order valence-corrected chi connectivity index (χ0v) is 17.1. The highest BCUT2D eigenvalue weighted by molar-refractivity contribution is 9.10. The fourth-order valence-electron chi connectivity index (χ4n) is 2.52. The van der Waals surface area contributed by atoms with Crippen molar-refractivity contribution in [2.45, 2.75) is 23.5 Å². The fourth-order valence-corrected chi connectivity index (χ4v) is 4.96. The van der Waals surface area contributed by atoms with E-state index in [1.54, 1.807) is 17.9 Å². The van der Waals surface area contributed by atoms with Crippen LogP contribution in [0.3, 0.4) is 0 Å². The lowest BCUT2D eigenvalue weighted by Crippen LogP contribution is -2.52. The lowest BCUT2D eigenvalue weighted by atomic mass is 10.2. The predicted octanol–water partition coefficient (Wildman–Crippen LogP) is 4.38. The van der Waals surface area contributed by atoms with E-state index in [2.05, 4.69) is 15.9 Å². The molecule has 0 bridgehead atoms. The maximum absolute atomic E-state index is 12.6. The van der Waals surface area contributed by atoms with Gasteiger partial charge in [-0.3, -0.25) is 0 Å². The summed E-state index contributed by atoms with van der Waals surface area (Å²) in [6, 6.07) is 3.16. The Morgan fingerprint density at radius 3 is 2.11 bits per heavy atom. The molecule has 1 aliphatic rings. The van der Waals surface area contributed by atoms with Crippen LogP contribution in [0.5, 0.6) is 0 Å². The minimum absolute atomic E-state index is 0.0135. The van der Waals surface area contributed by atoms with Crippen molar-refractivity contribution >= 4 is 43.4 Å². The first-order chi connectivity index (χ1) is 12.2. The van der Waals surface area contributed by atoms with Crippen molar-refractivity contribution in [2.24, 2.45) is 0 Å². The Morgan fingerprint density at radius 1 is 1.07 bits per heavy atom. The number of aryl methyl sites for hydroxylation is 1. The average molecular weight is 501 g/mol. The van der Waals surface area contributed by atoms with E-state index in [-0.39, 0.29) is 26.2 Å². The molecule has 0 radical (unpaired) electrons. The first-order valence-corrected chi connectivity index (χ1v) is 10.8. The minimum Gasteiger partial charge on any atom is -0.368 e. The van der Waals surface area contributed by atoms with Gasteiger partial charge in [0.05, 0.1) is 11.4 Å². The number of rotatable bonds is 4. The molecule has 0 amide bonds. The van der Waals surface area contributed by atoms with E-state index in [9.17, 15) is 34.8 Å². The van der Waals surface area contributed by atoms with Crippen LogP contribution < -0.4 is 4.90 Å². The summed E-state index contributed by atoms with van der Waals surface area (Å²) in [5.41, 5.74) is -4.23. The van der Waals surface area contributed by atoms with Crippen LogP contribution in [0, 0.1) is 6.92 Å². The van der Waals surface area contributed by atoms with Gasteiger partial charge in [0.15, 0.2) is 0 Å². The molecule has 4 nitrogen and oxygen atoms in total. The van der Waals surface area contributed by atoms with Crippen molar-refractivity contribution in [1.82, 2.24) is 4.31 Å². The van der Waals surface area contributed by atoms with Crippen molar-refractivity contribution in [2.75, 3.05) is 36.8 Å². The quantitative estimate of drug-likeness (QED) is 0.454. The van der Waals surface area contributed by atoms with Gasteiger partial charge in [-0.05, 0) is 40.5 Å². The van der Waals surface area contributed by atoms with Gasteiger partial charge in [0.1, 0.15) is 0 Å². The molecule has 1 heterocycles. The fraction of sp³-hybridized carbons (Fsp3) is 0.571. The number of benzene rings is 1. The minimum atomic E-state index is -5.39. The van der Waals surface area contributed by atoms with E-state index in [4.69, 9.17) is 0 Å². The molecule has 27 heavy (non-hydrogen) atoms. The third-order valence-electron chi connectivity index (χ3n) is 3.85. The summed E-state index contributed by atoms with van der Waals surface area (Å²) in [4.78, 5) is 2.04. The number of hydrogen-bond acceptors (Lipinski definition) is 4. The first kappa shape index (κ1) is 22.6. The second kappa shape index (κ2) is 7.99. The van der Waals surface area contributed by atoms with E-state index in [1.807, 2.05) is 0 Å². The SMILES string of the molecule is Cc1cc(Br)c(N2CCN(S(=O)(=O)C(F)(F)F)CC2)cc1SCC(F)(F)F. The zero-order valence-electron chi connectivity index (χ0n) is 13.9. The zero-order chi connectivity index (χ0) is 20.6. The summed E-state index contributed by atoms with van der Waals surface area (Å²) in [6.45, 7) is 0.891. The van der Waals surface area contributed by atoms with Crippen molar-refractivity contribution in [3.63, 3.8) is 0 Å². The molecule has 13 heteroatoms. The van der Waals surface area contributed by atoms with E-state index in [0.29, 0.717) is 36.7 Å². The number of nitrogens with zero attached hydrogens (tertiary/aromatic N) is 2. The lowest BCUT2D eigenvalue weighted by Gasteiger charge is -2.36. The topological polar surface area (TPSA) is 40.6 Å². The Labute approximate surface area is 165 Å². The molecule has 0 saturated carbocycles. The molecule has 2 rings (SSSR count). The lowest BCUT2D eigenvalue weighted by molar-refractivity contribution is -0.105. The van der Waals surface area contributed by atoms with Crippen LogP contribution in [-0.4, -0.2) is 56.3 Å². The third kappa shape index (κ3) is 5.45. The summed E-state index contributed by atoms with van der Waals surface area (Å²) in [6.07, 6.45) is -4.33. The van der Waals surface area contributed by atoms with Crippen LogP contribution in [0.4, 0.5) is 32.0 Å². The second-order valence-corrected chi connectivity index (χ2v) is 9.61. The van der Waals surface area contributed by atoms with Crippen LogP contribution in [0.2, 0.25) is 0 Å². The van der Waals surface area contributed by atoms with E-state index in [0.717, 1.165) is 0 Å². The second-order valence-electron chi connectivity index (χ2n) is 5.81. The van der Waals surface area contributed by atoms with Crippen molar-refractivity contribution in [1.29, 1.82) is 0 Å². The molecule has 1 aromatic carbocycles. The smallest absolute Gasteiger partial charge is 0.368 e. The van der Waals surface area contributed by atoms with Crippen LogP contribution in [-0.2, 0) is 10.0 Å². The molecule has 0 unspecified atom stereocenters. The number of sulfonamides is 1. The monoisotopic (exact) mass is 500 g/mol. The van der Waals surface area contributed by atoms with Crippen molar-refractivity contribution < 1.29 is 34.8 Å². The van der Waals surface area contributed by atoms with Gasteiger partial charge in [-0.15, -0.1) is 11.8 Å². The summed E-state index contributed by atoms with van der Waals surface area (Å²) in [5.74, 6) is -1.06. The van der Waals surface area contributed by atoms with Crippen LogP contribution in [0.15, 0.2) is 21.5 Å². The summed E-state index contributed by atoms with van der Waals surface area (Å²) in [5, 5.41) is 0. The normalized spacial score (nSPS) is 17.4. The van der Waals surface area contributed by atoms with Gasteiger partial charge in [0.2, 0.25) is 0 Å². The van der Waals surface area contributed by atoms with Gasteiger partial charge < -0.3 is 4.90 Å².